The Hall–Kier alpha value is -5.11. The first-order valence-corrected chi connectivity index (χ1v) is 17.8. The van der Waals surface area contributed by atoms with Crippen LogP contribution in [0.5, 0.6) is 5.88 Å². The molecule has 4 aromatic heterocycles. The quantitative estimate of drug-likeness (QED) is 0.206. The molecule has 2 aromatic carbocycles. The molecule has 258 valence electrons. The number of nitrogens with zero attached hydrogens (tertiary/aromatic N) is 7. The molecule has 0 amide bonds. The maximum atomic E-state index is 14.0. The maximum Gasteiger partial charge on any atom is 0.269 e. The molecule has 5 heterocycles. The van der Waals surface area contributed by atoms with Crippen LogP contribution in [0.4, 0.5) is 10.2 Å². The molecule has 0 unspecified atom stereocenters. The number of aromatic nitrogens is 5. The number of anilines is 1. The predicted molar refractivity (Wildman–Crippen MR) is 190 cm³/mol. The van der Waals surface area contributed by atoms with Gasteiger partial charge in [0, 0.05) is 79.0 Å². The van der Waals surface area contributed by atoms with Gasteiger partial charge in [-0.2, -0.15) is 10.1 Å². The topological polar surface area (TPSA) is 119 Å². The fourth-order valence-corrected chi connectivity index (χ4v) is 7.71. The van der Waals surface area contributed by atoms with Crippen LogP contribution >= 0.6 is 0 Å². The molecular weight excluding hydrogens is 658 g/mol. The van der Waals surface area contributed by atoms with Crippen molar-refractivity contribution in [2.24, 2.45) is 0 Å². The largest absolute Gasteiger partial charge is 0.480 e. The number of hydrogen-bond acceptors (Lipinski definition) is 9. The summed E-state index contributed by atoms with van der Waals surface area (Å²) < 4.78 is 50.6. The zero-order valence-electron chi connectivity index (χ0n) is 28.1. The molecule has 50 heavy (non-hydrogen) atoms. The highest BCUT2D eigenvalue weighted by Gasteiger charge is 2.25. The van der Waals surface area contributed by atoms with Crippen LogP contribution in [-0.2, 0) is 16.6 Å². The van der Waals surface area contributed by atoms with E-state index in [1.165, 1.54) is 16.1 Å². The molecule has 7 rings (SSSR count). The number of benzene rings is 2. The van der Waals surface area contributed by atoms with Crippen molar-refractivity contribution in [2.75, 3.05) is 44.7 Å². The number of aryl methyl sites for hydroxylation is 1. The minimum Gasteiger partial charge on any atom is -0.480 e. The van der Waals surface area contributed by atoms with E-state index in [0.29, 0.717) is 46.6 Å². The van der Waals surface area contributed by atoms with E-state index in [9.17, 15) is 17.9 Å². The standard InChI is InChI=1S/C37H38FN7O4S/c1-25-7-9-31(10-8-25)50(47,48)45-24-34(29-20-40-44(23-29)22-27-5-4-6-30(38)17-27)33-18-28(19-39-36(33)45)32-11-12-35(41-37(32)49-3)43-15-13-42(14-16-43)21-26(2)46/h4-12,17-20,23-24,26,46H,13-16,21-22H2,1-3H3/t26-/m0/s1. The Balaban J connectivity index is 1.28. The third-order valence-electron chi connectivity index (χ3n) is 8.94. The molecule has 1 N–H and O–H groups in total. The monoisotopic (exact) mass is 695 g/mol. The number of pyridine rings is 2. The van der Waals surface area contributed by atoms with Gasteiger partial charge in [-0.25, -0.2) is 21.8 Å². The Bertz CT molecular complexity index is 2260. The number of aliphatic hydroxyl groups excluding tert-OH is 1. The number of rotatable bonds is 10. The zero-order valence-corrected chi connectivity index (χ0v) is 28.9. The average molecular weight is 696 g/mol. The highest BCUT2D eigenvalue weighted by molar-refractivity contribution is 7.90. The number of β-amino-alcohol motifs (C(OH)–C–C–N with tert-alkyl or cyclic N) is 1. The summed E-state index contributed by atoms with van der Waals surface area (Å²) in [6, 6.07) is 18.8. The Kier molecular flexibility index (Phi) is 9.12. The van der Waals surface area contributed by atoms with Crippen LogP contribution < -0.4 is 9.64 Å². The van der Waals surface area contributed by atoms with Crippen LogP contribution in [0, 0.1) is 12.7 Å². The number of hydrogen-bond donors (Lipinski definition) is 1. The molecule has 0 saturated carbocycles. The first kappa shape index (κ1) is 33.4. The number of ether oxygens (including phenoxy) is 1. The van der Waals surface area contributed by atoms with Crippen LogP contribution in [-0.4, -0.2) is 88.1 Å². The van der Waals surface area contributed by atoms with Gasteiger partial charge in [-0.3, -0.25) is 9.58 Å². The molecule has 1 aliphatic rings. The van der Waals surface area contributed by atoms with Crippen LogP contribution in [0.3, 0.4) is 0 Å². The lowest BCUT2D eigenvalue weighted by Crippen LogP contribution is -2.48. The van der Waals surface area contributed by atoms with Crippen molar-refractivity contribution in [1.82, 2.24) is 28.6 Å². The van der Waals surface area contributed by atoms with Gasteiger partial charge in [0.1, 0.15) is 11.6 Å². The van der Waals surface area contributed by atoms with E-state index in [2.05, 4.69) is 14.9 Å². The number of methoxy groups -OCH3 is 1. The second-order valence-electron chi connectivity index (χ2n) is 12.7. The van der Waals surface area contributed by atoms with E-state index in [4.69, 9.17) is 14.7 Å². The van der Waals surface area contributed by atoms with E-state index < -0.39 is 10.0 Å². The first-order valence-electron chi connectivity index (χ1n) is 16.4. The van der Waals surface area contributed by atoms with E-state index in [1.807, 2.05) is 37.4 Å². The fourth-order valence-electron chi connectivity index (χ4n) is 6.39. The van der Waals surface area contributed by atoms with Crippen LogP contribution in [0.25, 0.3) is 33.3 Å². The highest BCUT2D eigenvalue weighted by atomic mass is 32.2. The average Bonchev–Trinajstić information content (AvgIpc) is 3.73. The smallest absolute Gasteiger partial charge is 0.269 e. The fraction of sp³-hybridized carbons (Fsp3) is 0.270. The van der Waals surface area contributed by atoms with E-state index >= 15 is 0 Å². The number of aliphatic hydroxyl groups is 1. The minimum absolute atomic E-state index is 0.146. The lowest BCUT2D eigenvalue weighted by atomic mass is 10.0. The van der Waals surface area contributed by atoms with Gasteiger partial charge in [-0.05, 0) is 61.9 Å². The summed E-state index contributed by atoms with van der Waals surface area (Å²) in [6.45, 7) is 7.87. The van der Waals surface area contributed by atoms with Crippen molar-refractivity contribution in [3.63, 3.8) is 0 Å². The molecule has 0 bridgehead atoms. The Morgan fingerprint density at radius 3 is 2.44 bits per heavy atom. The molecule has 13 heteroatoms. The SMILES string of the molecule is COc1nc(N2CCN(C[C@H](C)O)CC2)ccc1-c1cnc2c(c1)c(-c1cnn(Cc3cccc(F)c3)c1)cn2S(=O)(=O)c1ccc(C)cc1. The zero-order chi connectivity index (χ0) is 35.0. The summed E-state index contributed by atoms with van der Waals surface area (Å²) >= 11 is 0. The van der Waals surface area contributed by atoms with E-state index in [0.717, 1.165) is 43.1 Å². The van der Waals surface area contributed by atoms with Gasteiger partial charge in [0.2, 0.25) is 5.88 Å². The van der Waals surface area contributed by atoms with Crippen LogP contribution in [0.1, 0.15) is 18.1 Å². The van der Waals surface area contributed by atoms with Crippen molar-refractivity contribution in [2.45, 2.75) is 31.4 Å². The van der Waals surface area contributed by atoms with Crippen molar-refractivity contribution >= 4 is 26.9 Å². The van der Waals surface area contributed by atoms with Gasteiger partial charge in [0.25, 0.3) is 10.0 Å². The second-order valence-corrected chi connectivity index (χ2v) is 14.5. The third kappa shape index (κ3) is 6.71. The molecule has 1 aliphatic heterocycles. The summed E-state index contributed by atoms with van der Waals surface area (Å²) in [5, 5.41) is 14.9. The van der Waals surface area contributed by atoms with Gasteiger partial charge in [-0.1, -0.05) is 29.8 Å². The Morgan fingerprint density at radius 1 is 0.940 bits per heavy atom. The molecule has 11 nitrogen and oxygen atoms in total. The lowest BCUT2D eigenvalue weighted by molar-refractivity contribution is 0.122. The molecule has 0 radical (unpaired) electrons. The van der Waals surface area contributed by atoms with Gasteiger partial charge in [0.15, 0.2) is 5.65 Å². The van der Waals surface area contributed by atoms with Crippen molar-refractivity contribution < 1.29 is 22.7 Å². The normalized spacial score (nSPS) is 14.7. The summed E-state index contributed by atoms with van der Waals surface area (Å²) in [5.41, 5.74) is 4.67. The van der Waals surface area contributed by atoms with Crippen molar-refractivity contribution in [3.05, 3.63) is 108 Å². The molecule has 1 saturated heterocycles. The maximum absolute atomic E-state index is 14.0. The van der Waals surface area contributed by atoms with Gasteiger partial charge in [0.05, 0.1) is 30.9 Å². The van der Waals surface area contributed by atoms with E-state index in [-0.39, 0.29) is 22.5 Å². The molecule has 6 aromatic rings. The Labute approximate surface area is 290 Å². The molecule has 0 aliphatic carbocycles. The van der Waals surface area contributed by atoms with Crippen LogP contribution in [0.2, 0.25) is 0 Å². The van der Waals surface area contributed by atoms with Crippen molar-refractivity contribution in [3.8, 4) is 28.1 Å². The van der Waals surface area contributed by atoms with Gasteiger partial charge in [-0.15, -0.1) is 0 Å². The summed E-state index contributed by atoms with van der Waals surface area (Å²) in [7, 11) is -2.44. The summed E-state index contributed by atoms with van der Waals surface area (Å²) in [4.78, 5) is 14.1. The number of fused-ring (bicyclic) bond motifs is 1. The van der Waals surface area contributed by atoms with E-state index in [1.54, 1.807) is 67.6 Å². The highest BCUT2D eigenvalue weighted by Crippen LogP contribution is 2.37. The number of halogens is 1. The minimum atomic E-state index is -4.01. The molecule has 1 atom stereocenters. The van der Waals surface area contributed by atoms with Crippen molar-refractivity contribution in [1.29, 1.82) is 0 Å². The lowest BCUT2D eigenvalue weighted by Gasteiger charge is -2.36. The second kappa shape index (κ2) is 13.7. The molecule has 1 fully saturated rings. The molecular formula is C37H38FN7O4S. The van der Waals surface area contributed by atoms with Gasteiger partial charge >= 0.3 is 0 Å². The van der Waals surface area contributed by atoms with Gasteiger partial charge < -0.3 is 14.7 Å². The summed E-state index contributed by atoms with van der Waals surface area (Å²) in [5.74, 6) is 0.885. The predicted octanol–water partition coefficient (Wildman–Crippen LogP) is 5.21. The Morgan fingerprint density at radius 2 is 1.72 bits per heavy atom. The molecule has 0 spiro atoms. The summed E-state index contributed by atoms with van der Waals surface area (Å²) in [6.07, 6.45) is 6.32. The van der Waals surface area contributed by atoms with Crippen LogP contribution in [0.15, 0.2) is 96.4 Å². The number of piperazine rings is 1. The third-order valence-corrected chi connectivity index (χ3v) is 10.6. The first-order chi connectivity index (χ1) is 24.1.